The smallest absolute Gasteiger partial charge is 0.201 e. The molecule has 2 aromatic rings. The van der Waals surface area contributed by atoms with E-state index in [1.165, 1.54) is 0 Å². The number of rotatable bonds is 1. The summed E-state index contributed by atoms with van der Waals surface area (Å²) in [5, 5.41) is 8.96. The van der Waals surface area contributed by atoms with Crippen LogP contribution in [0.2, 0.25) is 5.28 Å². The van der Waals surface area contributed by atoms with Crippen LogP contribution in [0.3, 0.4) is 0 Å². The Bertz CT molecular complexity index is 527. The van der Waals surface area contributed by atoms with E-state index in [4.69, 9.17) is 16.9 Å². The van der Waals surface area contributed by atoms with E-state index in [2.05, 4.69) is 32.0 Å². The highest BCUT2D eigenvalue weighted by atomic mass is 79.9. The molecule has 3 nitrogen and oxygen atoms in total. The number of imidazole rings is 1. The van der Waals surface area contributed by atoms with Crippen LogP contribution in [-0.2, 0) is 6.42 Å². The van der Waals surface area contributed by atoms with Gasteiger partial charge in [0.15, 0.2) is 0 Å². The summed E-state index contributed by atoms with van der Waals surface area (Å²) >= 11 is 9.10. The monoisotopic (exact) mass is 269 g/mol. The number of nitriles is 1. The molecule has 0 bridgehead atoms. The molecule has 0 radical (unpaired) electrons. The van der Waals surface area contributed by atoms with Gasteiger partial charge in [0, 0.05) is 4.47 Å². The molecule has 70 valence electrons. The number of H-pyrrole nitrogens is 1. The molecule has 2 rings (SSSR count). The maximum atomic E-state index is 8.60. The van der Waals surface area contributed by atoms with E-state index >= 15 is 0 Å². The Morgan fingerprint density at radius 2 is 2.36 bits per heavy atom. The van der Waals surface area contributed by atoms with Crippen LogP contribution >= 0.6 is 27.5 Å². The van der Waals surface area contributed by atoms with Crippen LogP contribution in [0.1, 0.15) is 5.56 Å². The van der Waals surface area contributed by atoms with Gasteiger partial charge < -0.3 is 4.98 Å². The van der Waals surface area contributed by atoms with Crippen LogP contribution in [0.25, 0.3) is 11.0 Å². The second kappa shape index (κ2) is 3.60. The van der Waals surface area contributed by atoms with Gasteiger partial charge in [-0.3, -0.25) is 0 Å². The first-order chi connectivity index (χ1) is 6.70. The summed E-state index contributed by atoms with van der Waals surface area (Å²) in [5.41, 5.74) is 2.58. The summed E-state index contributed by atoms with van der Waals surface area (Å²) in [6.07, 6.45) is 0.368. The van der Waals surface area contributed by atoms with Crippen molar-refractivity contribution in [2.45, 2.75) is 6.42 Å². The van der Waals surface area contributed by atoms with Gasteiger partial charge in [0.2, 0.25) is 5.28 Å². The number of aromatic nitrogens is 2. The Hall–Kier alpha value is -1.05. The molecule has 0 fully saturated rings. The van der Waals surface area contributed by atoms with Crippen molar-refractivity contribution < 1.29 is 0 Å². The standard InChI is InChI=1S/C9H5BrClN3/c10-6-4-8-7(13-9(11)14-8)3-5(6)1-2-12/h3-4H,1H2,(H,13,14). The Kier molecular flexibility index (Phi) is 2.44. The summed E-state index contributed by atoms with van der Waals surface area (Å²) < 4.78 is 0.884. The van der Waals surface area contributed by atoms with Crippen LogP contribution in [-0.4, -0.2) is 9.97 Å². The molecular formula is C9H5BrClN3. The SMILES string of the molecule is N#CCc1cc2[nH]c(Cl)nc2cc1Br. The van der Waals surface area contributed by atoms with Gasteiger partial charge in [0.05, 0.1) is 23.5 Å². The van der Waals surface area contributed by atoms with E-state index in [1.54, 1.807) is 0 Å². The van der Waals surface area contributed by atoms with E-state index in [1.807, 2.05) is 12.1 Å². The van der Waals surface area contributed by atoms with Gasteiger partial charge in [0.25, 0.3) is 0 Å². The average molecular weight is 271 g/mol. The number of benzene rings is 1. The molecule has 5 heteroatoms. The van der Waals surface area contributed by atoms with Crippen molar-refractivity contribution >= 4 is 38.6 Å². The van der Waals surface area contributed by atoms with Crippen molar-refractivity contribution in [2.75, 3.05) is 0 Å². The third kappa shape index (κ3) is 1.61. The number of nitrogens with one attached hydrogen (secondary N) is 1. The number of halogens is 2. The number of nitrogens with zero attached hydrogens (tertiary/aromatic N) is 2. The zero-order chi connectivity index (χ0) is 10.1. The molecule has 14 heavy (non-hydrogen) atoms. The predicted molar refractivity (Wildman–Crippen MR) is 58.1 cm³/mol. The van der Waals surface area contributed by atoms with E-state index in [0.29, 0.717) is 11.7 Å². The average Bonchev–Trinajstić information content (AvgIpc) is 2.45. The Labute approximate surface area is 93.8 Å². The summed E-state index contributed by atoms with van der Waals surface area (Å²) in [6.45, 7) is 0. The number of fused-ring (bicyclic) bond motifs is 1. The van der Waals surface area contributed by atoms with Crippen LogP contribution < -0.4 is 0 Å². The van der Waals surface area contributed by atoms with Crippen molar-refractivity contribution in [3.8, 4) is 6.07 Å². The molecule has 0 aliphatic rings. The molecule has 1 aromatic carbocycles. The molecule has 0 atom stereocenters. The lowest BCUT2D eigenvalue weighted by atomic mass is 10.1. The van der Waals surface area contributed by atoms with Gasteiger partial charge in [-0.1, -0.05) is 15.9 Å². The lowest BCUT2D eigenvalue weighted by Crippen LogP contribution is -1.84. The Balaban J connectivity index is 2.65. The van der Waals surface area contributed by atoms with Gasteiger partial charge in [-0.25, -0.2) is 4.98 Å². The molecule has 0 aliphatic heterocycles. The molecule has 0 saturated carbocycles. The fourth-order valence-electron chi connectivity index (χ4n) is 1.27. The minimum atomic E-state index is 0.362. The van der Waals surface area contributed by atoms with E-state index < -0.39 is 0 Å². The summed E-state index contributed by atoms with van der Waals surface area (Å²) in [5.74, 6) is 0. The van der Waals surface area contributed by atoms with Crippen LogP contribution in [0, 0.1) is 11.3 Å². The zero-order valence-electron chi connectivity index (χ0n) is 7.01. The molecule has 0 aliphatic carbocycles. The first-order valence-corrected chi connectivity index (χ1v) is 5.08. The highest BCUT2D eigenvalue weighted by Crippen LogP contribution is 2.24. The van der Waals surface area contributed by atoms with E-state index in [9.17, 15) is 0 Å². The highest BCUT2D eigenvalue weighted by molar-refractivity contribution is 9.10. The maximum Gasteiger partial charge on any atom is 0.201 e. The molecule has 0 unspecified atom stereocenters. The third-order valence-corrected chi connectivity index (χ3v) is 2.81. The van der Waals surface area contributed by atoms with Crippen LogP contribution in [0.5, 0.6) is 0 Å². The summed E-state index contributed by atoms with van der Waals surface area (Å²) in [4.78, 5) is 6.98. The molecule has 0 saturated heterocycles. The van der Waals surface area contributed by atoms with Crippen molar-refractivity contribution in [1.29, 1.82) is 5.26 Å². The Morgan fingerprint density at radius 1 is 1.57 bits per heavy atom. The minimum Gasteiger partial charge on any atom is -0.329 e. The summed E-state index contributed by atoms with van der Waals surface area (Å²) in [6, 6.07) is 5.83. The topological polar surface area (TPSA) is 52.5 Å². The molecule has 0 spiro atoms. The van der Waals surface area contributed by atoms with Gasteiger partial charge in [-0.15, -0.1) is 0 Å². The van der Waals surface area contributed by atoms with Crippen LogP contribution in [0.15, 0.2) is 16.6 Å². The fraction of sp³-hybridized carbons (Fsp3) is 0.111. The van der Waals surface area contributed by atoms with E-state index in [0.717, 1.165) is 21.1 Å². The quantitative estimate of drug-likeness (QED) is 0.866. The van der Waals surface area contributed by atoms with Crippen molar-refractivity contribution in [1.82, 2.24) is 9.97 Å². The first kappa shape index (κ1) is 9.50. The summed E-state index contributed by atoms with van der Waals surface area (Å²) in [7, 11) is 0. The molecule has 1 N–H and O–H groups in total. The molecular weight excluding hydrogens is 265 g/mol. The molecule has 1 aromatic heterocycles. The van der Waals surface area contributed by atoms with Crippen molar-refractivity contribution in [2.24, 2.45) is 0 Å². The molecule has 1 heterocycles. The lowest BCUT2D eigenvalue weighted by molar-refractivity contribution is 1.25. The fourth-order valence-corrected chi connectivity index (χ4v) is 1.93. The highest BCUT2D eigenvalue weighted by Gasteiger charge is 2.05. The van der Waals surface area contributed by atoms with Crippen molar-refractivity contribution in [3.63, 3.8) is 0 Å². The lowest BCUT2D eigenvalue weighted by Gasteiger charge is -1.98. The Morgan fingerprint density at radius 3 is 3.07 bits per heavy atom. The van der Waals surface area contributed by atoms with Gasteiger partial charge >= 0.3 is 0 Å². The number of hydrogen-bond donors (Lipinski definition) is 1. The van der Waals surface area contributed by atoms with Gasteiger partial charge in [-0.05, 0) is 29.3 Å². The van der Waals surface area contributed by atoms with Gasteiger partial charge in [0.1, 0.15) is 0 Å². The second-order valence-electron chi connectivity index (χ2n) is 2.82. The van der Waals surface area contributed by atoms with E-state index in [-0.39, 0.29) is 0 Å². The maximum absolute atomic E-state index is 8.60. The number of aromatic amines is 1. The normalized spacial score (nSPS) is 10.4. The first-order valence-electron chi connectivity index (χ1n) is 3.91. The van der Waals surface area contributed by atoms with Crippen LogP contribution in [0.4, 0.5) is 0 Å². The largest absolute Gasteiger partial charge is 0.329 e. The second-order valence-corrected chi connectivity index (χ2v) is 4.04. The third-order valence-electron chi connectivity index (χ3n) is 1.89. The molecule has 0 amide bonds. The van der Waals surface area contributed by atoms with Gasteiger partial charge in [-0.2, -0.15) is 5.26 Å². The predicted octanol–water partition coefficient (Wildman–Crippen LogP) is 3.04. The van der Waals surface area contributed by atoms with Crippen molar-refractivity contribution in [3.05, 3.63) is 27.5 Å². The zero-order valence-corrected chi connectivity index (χ0v) is 9.35. The minimum absolute atomic E-state index is 0.362. The number of hydrogen-bond acceptors (Lipinski definition) is 2.